The average Bonchev–Trinajstić information content (AvgIpc) is 2.81. The lowest BCUT2D eigenvalue weighted by Gasteiger charge is -2.13. The van der Waals surface area contributed by atoms with Gasteiger partial charge in [-0.05, 0) is 38.0 Å². The second-order valence-electron chi connectivity index (χ2n) is 5.38. The topological polar surface area (TPSA) is 25.2 Å². The van der Waals surface area contributed by atoms with Gasteiger partial charge in [0.15, 0.2) is 0 Å². The number of aryl methyl sites for hydroxylation is 3. The van der Waals surface area contributed by atoms with Crippen LogP contribution in [0, 0.1) is 20.8 Å². The molecule has 0 atom stereocenters. The van der Waals surface area contributed by atoms with Gasteiger partial charge >= 0.3 is 0 Å². The van der Waals surface area contributed by atoms with Gasteiger partial charge in [-0.3, -0.25) is 0 Å². The van der Waals surface area contributed by atoms with Gasteiger partial charge in [-0.1, -0.05) is 35.9 Å². The minimum Gasteiger partial charge on any atom is -0.464 e. The summed E-state index contributed by atoms with van der Waals surface area (Å²) in [7, 11) is 0. The van der Waals surface area contributed by atoms with Gasteiger partial charge in [-0.15, -0.1) is 0 Å². The fourth-order valence-electron chi connectivity index (χ4n) is 2.81. The maximum Gasteiger partial charge on any atom is 0.134 e. The second-order valence-corrected chi connectivity index (χ2v) is 5.38. The summed E-state index contributed by atoms with van der Waals surface area (Å²) in [4.78, 5) is 0. The first kappa shape index (κ1) is 12.8. The maximum absolute atomic E-state index is 5.58. The van der Waals surface area contributed by atoms with Gasteiger partial charge in [-0.2, -0.15) is 0 Å². The molecule has 3 rings (SSSR count). The minimum absolute atomic E-state index is 0.780. The zero-order chi connectivity index (χ0) is 14.1. The van der Waals surface area contributed by atoms with E-state index in [1.165, 1.54) is 33.3 Å². The largest absolute Gasteiger partial charge is 0.464 e. The van der Waals surface area contributed by atoms with Crippen molar-refractivity contribution in [1.82, 2.24) is 0 Å². The van der Waals surface area contributed by atoms with Crippen molar-refractivity contribution < 1.29 is 4.42 Å². The molecule has 1 aromatic heterocycles. The van der Waals surface area contributed by atoms with E-state index in [1.807, 2.05) is 24.5 Å². The molecule has 0 spiro atoms. The lowest BCUT2D eigenvalue weighted by molar-refractivity contribution is 0.611. The molecule has 0 radical (unpaired) electrons. The summed E-state index contributed by atoms with van der Waals surface area (Å²) < 4.78 is 5.58. The Labute approximate surface area is 119 Å². The van der Waals surface area contributed by atoms with Gasteiger partial charge in [-0.25, -0.2) is 0 Å². The van der Waals surface area contributed by atoms with Crippen molar-refractivity contribution in [2.24, 2.45) is 0 Å². The molecule has 102 valence electrons. The molecule has 0 fully saturated rings. The zero-order valence-electron chi connectivity index (χ0n) is 12.2. The van der Waals surface area contributed by atoms with Gasteiger partial charge in [0, 0.05) is 23.2 Å². The molecule has 0 amide bonds. The van der Waals surface area contributed by atoms with Crippen molar-refractivity contribution in [3.8, 4) is 0 Å². The van der Waals surface area contributed by atoms with E-state index >= 15 is 0 Å². The number of benzene rings is 2. The van der Waals surface area contributed by atoms with Crippen LogP contribution in [0.4, 0.5) is 5.69 Å². The number of fused-ring (bicyclic) bond motifs is 1. The van der Waals surface area contributed by atoms with E-state index < -0.39 is 0 Å². The molecule has 0 bridgehead atoms. The number of para-hydroxylation sites is 1. The maximum atomic E-state index is 5.58. The van der Waals surface area contributed by atoms with Crippen LogP contribution in [0.15, 0.2) is 47.1 Å². The number of furan rings is 1. The van der Waals surface area contributed by atoms with E-state index in [9.17, 15) is 0 Å². The Balaban J connectivity index is 1.87. The highest BCUT2D eigenvalue weighted by Crippen LogP contribution is 2.25. The summed E-state index contributed by atoms with van der Waals surface area (Å²) >= 11 is 0. The third kappa shape index (κ3) is 2.29. The first-order chi connectivity index (χ1) is 9.65. The van der Waals surface area contributed by atoms with Gasteiger partial charge in [0.25, 0.3) is 0 Å². The molecule has 0 saturated heterocycles. The summed E-state index contributed by atoms with van der Waals surface area (Å²) in [6, 6.07) is 12.6. The summed E-state index contributed by atoms with van der Waals surface area (Å²) in [5.41, 5.74) is 7.24. The monoisotopic (exact) mass is 265 g/mol. The Hall–Kier alpha value is -2.22. The highest BCUT2D eigenvalue weighted by Gasteiger charge is 2.07. The van der Waals surface area contributed by atoms with Crippen LogP contribution in [0.1, 0.15) is 22.3 Å². The number of nitrogens with one attached hydrogen (secondary N) is 1. The fraction of sp³-hybridized carbons (Fsp3) is 0.222. The molecule has 1 heterocycles. The van der Waals surface area contributed by atoms with Crippen LogP contribution in [-0.4, -0.2) is 0 Å². The molecule has 20 heavy (non-hydrogen) atoms. The normalized spacial score (nSPS) is 10.9. The molecule has 0 saturated carbocycles. The zero-order valence-corrected chi connectivity index (χ0v) is 12.2. The molecule has 3 aromatic rings. The molecule has 2 nitrogen and oxygen atoms in total. The van der Waals surface area contributed by atoms with E-state index in [2.05, 4.69) is 44.3 Å². The molecule has 2 aromatic carbocycles. The van der Waals surface area contributed by atoms with E-state index in [1.54, 1.807) is 0 Å². The van der Waals surface area contributed by atoms with Crippen molar-refractivity contribution in [3.05, 3.63) is 64.9 Å². The summed E-state index contributed by atoms with van der Waals surface area (Å²) in [6.07, 6.45) is 1.84. The smallest absolute Gasteiger partial charge is 0.134 e. The van der Waals surface area contributed by atoms with Crippen LogP contribution in [0.3, 0.4) is 0 Å². The van der Waals surface area contributed by atoms with Crippen LogP contribution < -0.4 is 5.32 Å². The van der Waals surface area contributed by atoms with Crippen molar-refractivity contribution in [2.45, 2.75) is 27.3 Å². The van der Waals surface area contributed by atoms with Gasteiger partial charge in [0.05, 0.1) is 6.26 Å². The Bertz CT molecular complexity index is 732. The molecule has 2 heteroatoms. The SMILES string of the molecule is Cc1cc(C)c(NCc2coc3ccccc23)c(C)c1. The van der Waals surface area contributed by atoms with Crippen LogP contribution in [0.25, 0.3) is 11.0 Å². The minimum atomic E-state index is 0.780. The first-order valence-corrected chi connectivity index (χ1v) is 6.92. The Kier molecular flexibility index (Phi) is 3.23. The number of hydrogen-bond acceptors (Lipinski definition) is 2. The Morgan fingerprint density at radius 3 is 2.45 bits per heavy atom. The molecule has 0 aliphatic rings. The predicted octanol–water partition coefficient (Wildman–Crippen LogP) is 4.97. The number of anilines is 1. The Morgan fingerprint density at radius 1 is 1.00 bits per heavy atom. The van der Waals surface area contributed by atoms with Crippen molar-refractivity contribution in [2.75, 3.05) is 5.32 Å². The van der Waals surface area contributed by atoms with Crippen LogP contribution in [0.5, 0.6) is 0 Å². The highest BCUT2D eigenvalue weighted by molar-refractivity contribution is 5.81. The number of hydrogen-bond donors (Lipinski definition) is 1. The third-order valence-corrected chi connectivity index (χ3v) is 3.69. The van der Waals surface area contributed by atoms with Gasteiger partial charge < -0.3 is 9.73 Å². The second kappa shape index (κ2) is 5.04. The van der Waals surface area contributed by atoms with Crippen molar-refractivity contribution >= 4 is 16.7 Å². The van der Waals surface area contributed by atoms with Gasteiger partial charge in [0.2, 0.25) is 0 Å². The Morgan fingerprint density at radius 2 is 1.70 bits per heavy atom. The van der Waals surface area contributed by atoms with E-state index in [0.29, 0.717) is 0 Å². The predicted molar refractivity (Wildman–Crippen MR) is 84.2 cm³/mol. The van der Waals surface area contributed by atoms with Crippen molar-refractivity contribution in [1.29, 1.82) is 0 Å². The quantitative estimate of drug-likeness (QED) is 0.723. The van der Waals surface area contributed by atoms with Gasteiger partial charge in [0.1, 0.15) is 5.58 Å². The average molecular weight is 265 g/mol. The molecule has 0 aliphatic heterocycles. The van der Waals surface area contributed by atoms with Crippen LogP contribution in [-0.2, 0) is 6.54 Å². The molecule has 0 unspecified atom stereocenters. The highest BCUT2D eigenvalue weighted by atomic mass is 16.3. The lowest BCUT2D eigenvalue weighted by Crippen LogP contribution is -2.02. The van der Waals surface area contributed by atoms with E-state index in [-0.39, 0.29) is 0 Å². The third-order valence-electron chi connectivity index (χ3n) is 3.69. The summed E-state index contributed by atoms with van der Waals surface area (Å²) in [5.74, 6) is 0. The van der Waals surface area contributed by atoms with E-state index in [4.69, 9.17) is 4.42 Å². The lowest BCUT2D eigenvalue weighted by atomic mass is 10.0. The molecule has 0 aliphatic carbocycles. The fourth-order valence-corrected chi connectivity index (χ4v) is 2.81. The molecular formula is C18H19NO. The summed E-state index contributed by atoms with van der Waals surface area (Å²) in [6.45, 7) is 7.21. The first-order valence-electron chi connectivity index (χ1n) is 6.92. The van der Waals surface area contributed by atoms with Crippen LogP contribution >= 0.6 is 0 Å². The van der Waals surface area contributed by atoms with E-state index in [0.717, 1.165) is 12.1 Å². The molecule has 1 N–H and O–H groups in total. The van der Waals surface area contributed by atoms with Crippen molar-refractivity contribution in [3.63, 3.8) is 0 Å². The standard InChI is InChI=1S/C18H19NO/c1-12-8-13(2)18(14(3)9-12)19-10-15-11-20-17-7-5-4-6-16(15)17/h4-9,11,19H,10H2,1-3H3. The molecular weight excluding hydrogens is 246 g/mol. The number of rotatable bonds is 3. The van der Waals surface area contributed by atoms with Crippen LogP contribution in [0.2, 0.25) is 0 Å². The summed E-state index contributed by atoms with van der Waals surface area (Å²) in [5, 5.41) is 4.73.